The molecule has 3 heterocycles. The van der Waals surface area contributed by atoms with Gasteiger partial charge >= 0.3 is 0 Å². The van der Waals surface area contributed by atoms with Crippen LogP contribution >= 0.6 is 0 Å². The second-order valence-corrected chi connectivity index (χ2v) is 10.3. The van der Waals surface area contributed by atoms with Crippen molar-refractivity contribution in [2.75, 3.05) is 23.8 Å². The van der Waals surface area contributed by atoms with Crippen LogP contribution in [0.2, 0.25) is 0 Å². The number of benzene rings is 1. The van der Waals surface area contributed by atoms with E-state index in [0.717, 1.165) is 31.4 Å². The average Bonchev–Trinajstić information content (AvgIpc) is 2.88. The number of allylic oxidation sites excluding steroid dienone is 1. The van der Waals surface area contributed by atoms with E-state index in [1.54, 1.807) is 24.4 Å². The number of hydrogen-bond donors (Lipinski definition) is 5. The number of carbonyl (C=O) groups excluding carboxylic acids is 1. The molecule has 200 valence electrons. The summed E-state index contributed by atoms with van der Waals surface area (Å²) in [5, 5.41) is 27.2. The third kappa shape index (κ3) is 6.80. The molecule has 0 radical (unpaired) electrons. The molecule has 1 amide bonds. The first-order valence-electron chi connectivity index (χ1n) is 12.6. The van der Waals surface area contributed by atoms with E-state index in [0.29, 0.717) is 40.6 Å². The highest BCUT2D eigenvalue weighted by atomic mass is 16.5. The van der Waals surface area contributed by atoms with Crippen LogP contribution in [0.3, 0.4) is 0 Å². The van der Waals surface area contributed by atoms with Crippen molar-refractivity contribution in [1.82, 2.24) is 25.3 Å². The zero-order valence-electron chi connectivity index (χ0n) is 22.1. The van der Waals surface area contributed by atoms with Gasteiger partial charge in [0.2, 0.25) is 5.95 Å². The molecule has 1 aliphatic heterocycles. The minimum Gasteiger partial charge on any atom is -0.512 e. The number of anilines is 3. The monoisotopic (exact) mass is 518 g/mol. The summed E-state index contributed by atoms with van der Waals surface area (Å²) in [7, 11) is 0. The number of aryl methyl sites for hydroxylation is 1. The van der Waals surface area contributed by atoms with Crippen molar-refractivity contribution >= 4 is 40.2 Å². The molecule has 2 aromatic heterocycles. The maximum atomic E-state index is 12.8. The van der Waals surface area contributed by atoms with Crippen molar-refractivity contribution < 1.29 is 14.6 Å². The Morgan fingerprint density at radius 1 is 1.24 bits per heavy atom. The van der Waals surface area contributed by atoms with Crippen molar-refractivity contribution in [2.45, 2.75) is 53.1 Å². The van der Waals surface area contributed by atoms with E-state index in [1.165, 1.54) is 12.4 Å². The summed E-state index contributed by atoms with van der Waals surface area (Å²) in [6.07, 6.45) is 7.70. The van der Waals surface area contributed by atoms with Crippen molar-refractivity contribution in [2.24, 2.45) is 5.41 Å². The molecule has 0 aliphatic carbocycles. The maximum Gasteiger partial charge on any atom is 0.256 e. The van der Waals surface area contributed by atoms with Gasteiger partial charge in [-0.1, -0.05) is 26.8 Å². The number of aliphatic hydroxyl groups is 1. The van der Waals surface area contributed by atoms with Crippen LogP contribution in [0.4, 0.5) is 17.5 Å². The van der Waals surface area contributed by atoms with Gasteiger partial charge < -0.3 is 25.8 Å². The lowest BCUT2D eigenvalue weighted by molar-refractivity contribution is 0.0247. The lowest BCUT2D eigenvalue weighted by Crippen LogP contribution is -2.29. The average molecular weight is 519 g/mol. The number of ether oxygens (including phenoxy) is 1. The third-order valence-corrected chi connectivity index (χ3v) is 6.19. The molecule has 11 nitrogen and oxygen atoms in total. The SMILES string of the molecule is Cc1ccc(C(=O)NC(=N)/C=C(\O)C(C)(C)C)cc1Nc1ncnc2cnc(NCC3CCCCO3)nc12. The Bertz CT molecular complexity index is 1360. The van der Waals surface area contributed by atoms with Crippen molar-refractivity contribution in [3.8, 4) is 0 Å². The zero-order valence-corrected chi connectivity index (χ0v) is 22.1. The molecule has 0 spiro atoms. The van der Waals surface area contributed by atoms with Gasteiger partial charge in [0.15, 0.2) is 5.82 Å². The number of rotatable bonds is 7. The van der Waals surface area contributed by atoms with Crippen LogP contribution in [0.1, 0.15) is 56.0 Å². The molecule has 1 aliphatic rings. The number of aliphatic hydroxyl groups excluding tert-OH is 1. The first-order valence-corrected chi connectivity index (χ1v) is 12.6. The van der Waals surface area contributed by atoms with Crippen molar-refractivity contribution in [1.29, 1.82) is 5.41 Å². The second-order valence-electron chi connectivity index (χ2n) is 10.3. The number of carbonyl (C=O) groups is 1. The molecule has 1 fully saturated rings. The molecule has 1 saturated heterocycles. The van der Waals surface area contributed by atoms with Gasteiger partial charge in [-0.05, 0) is 43.9 Å². The van der Waals surface area contributed by atoms with Gasteiger partial charge in [-0.15, -0.1) is 0 Å². The van der Waals surface area contributed by atoms with E-state index in [1.807, 2.05) is 27.7 Å². The number of amidine groups is 1. The van der Waals surface area contributed by atoms with Crippen molar-refractivity contribution in [3.05, 3.63) is 53.7 Å². The summed E-state index contributed by atoms with van der Waals surface area (Å²) in [6.45, 7) is 8.76. The van der Waals surface area contributed by atoms with Crippen molar-refractivity contribution in [3.63, 3.8) is 0 Å². The van der Waals surface area contributed by atoms with Crippen LogP contribution in [0.15, 0.2) is 42.6 Å². The van der Waals surface area contributed by atoms with E-state index in [4.69, 9.17) is 10.1 Å². The summed E-state index contributed by atoms with van der Waals surface area (Å²) < 4.78 is 5.77. The molecule has 1 atom stereocenters. The van der Waals surface area contributed by atoms with Gasteiger partial charge in [-0.3, -0.25) is 10.2 Å². The molecular formula is C27H34N8O3. The van der Waals surface area contributed by atoms with E-state index >= 15 is 0 Å². The maximum absolute atomic E-state index is 12.8. The lowest BCUT2D eigenvalue weighted by Gasteiger charge is -2.22. The predicted molar refractivity (Wildman–Crippen MR) is 147 cm³/mol. The van der Waals surface area contributed by atoms with Gasteiger partial charge in [0.05, 0.1) is 12.3 Å². The fourth-order valence-corrected chi connectivity index (χ4v) is 3.81. The molecule has 5 N–H and O–H groups in total. The summed E-state index contributed by atoms with van der Waals surface area (Å²) in [5.41, 5.74) is 2.47. The highest BCUT2D eigenvalue weighted by molar-refractivity contribution is 6.09. The normalized spacial score (nSPS) is 16.2. The Morgan fingerprint density at radius 3 is 2.79 bits per heavy atom. The lowest BCUT2D eigenvalue weighted by atomic mass is 9.93. The fraction of sp³-hybridized carbons (Fsp3) is 0.407. The first kappa shape index (κ1) is 26.9. The second kappa shape index (κ2) is 11.5. The topological polar surface area (TPSA) is 158 Å². The van der Waals surface area contributed by atoms with Crippen LogP contribution < -0.4 is 16.0 Å². The van der Waals surface area contributed by atoms with E-state index < -0.39 is 11.3 Å². The van der Waals surface area contributed by atoms with Crippen LogP contribution in [0.5, 0.6) is 0 Å². The number of nitrogens with zero attached hydrogens (tertiary/aromatic N) is 4. The summed E-state index contributed by atoms with van der Waals surface area (Å²) in [4.78, 5) is 30.5. The van der Waals surface area contributed by atoms with E-state index in [9.17, 15) is 9.90 Å². The molecule has 3 aromatic rings. The Morgan fingerprint density at radius 2 is 2.05 bits per heavy atom. The standard InChI is InChI=1S/C27H34N8O3/c1-16-8-9-17(25(37)34-22(28)12-21(36)27(2,3)4)11-19(16)33-24-23-20(31-15-32-24)14-30-26(35-23)29-13-18-7-5-6-10-38-18/h8-9,11-12,14-15,18,36H,5-7,10,13H2,1-4H3,(H2,28,34,37)(H,29,30,35)(H,31,32,33)/b21-12-. The highest BCUT2D eigenvalue weighted by Gasteiger charge is 2.18. The van der Waals surface area contributed by atoms with Gasteiger partial charge in [-0.2, -0.15) is 0 Å². The van der Waals surface area contributed by atoms with Crippen LogP contribution in [0.25, 0.3) is 11.0 Å². The van der Waals surface area contributed by atoms with Crippen LogP contribution in [-0.2, 0) is 4.74 Å². The molecule has 4 rings (SSSR count). The first-order chi connectivity index (χ1) is 18.1. The Labute approximate surface area is 221 Å². The molecule has 38 heavy (non-hydrogen) atoms. The molecule has 0 saturated carbocycles. The molecule has 11 heteroatoms. The number of amides is 1. The number of nitrogens with one attached hydrogen (secondary N) is 4. The number of fused-ring (bicyclic) bond motifs is 1. The Balaban J connectivity index is 1.51. The minimum absolute atomic E-state index is 0.00631. The van der Waals surface area contributed by atoms with Crippen LogP contribution in [0, 0.1) is 17.7 Å². The summed E-state index contributed by atoms with van der Waals surface area (Å²) in [6, 6.07) is 5.16. The van der Waals surface area contributed by atoms with E-state index in [2.05, 4.69) is 35.9 Å². The quantitative estimate of drug-likeness (QED) is 0.170. The highest BCUT2D eigenvalue weighted by Crippen LogP contribution is 2.26. The Kier molecular flexibility index (Phi) is 8.16. The largest absolute Gasteiger partial charge is 0.512 e. The molecule has 1 unspecified atom stereocenters. The number of hydrogen-bond acceptors (Lipinski definition) is 10. The smallest absolute Gasteiger partial charge is 0.256 e. The third-order valence-electron chi connectivity index (χ3n) is 6.19. The molecular weight excluding hydrogens is 484 g/mol. The zero-order chi connectivity index (χ0) is 27.3. The van der Waals surface area contributed by atoms with Gasteiger partial charge in [0.25, 0.3) is 5.91 Å². The Hall–Kier alpha value is -4.12. The predicted octanol–water partition coefficient (Wildman–Crippen LogP) is 4.65. The summed E-state index contributed by atoms with van der Waals surface area (Å²) >= 11 is 0. The fourth-order valence-electron chi connectivity index (χ4n) is 3.81. The van der Waals surface area contributed by atoms with Gasteiger partial charge in [-0.25, -0.2) is 19.9 Å². The van der Waals surface area contributed by atoms with E-state index in [-0.39, 0.29) is 17.7 Å². The summed E-state index contributed by atoms with van der Waals surface area (Å²) in [5.74, 6) is 0.268. The molecule has 0 bridgehead atoms. The van der Waals surface area contributed by atoms with Gasteiger partial charge in [0.1, 0.15) is 29.0 Å². The minimum atomic E-state index is -0.527. The number of aromatic nitrogens is 4. The van der Waals surface area contributed by atoms with Gasteiger partial charge in [0, 0.05) is 35.9 Å². The molecule has 1 aromatic carbocycles. The van der Waals surface area contributed by atoms with Crippen LogP contribution in [-0.4, -0.2) is 56.0 Å².